The first-order valence-corrected chi connectivity index (χ1v) is 14.1. The van der Waals surface area contributed by atoms with Gasteiger partial charge in [0.15, 0.2) is 18.3 Å². The molecule has 0 aromatic heterocycles. The number of Topliss-reactive ketones (excluding diaryl/α,β-unsaturated/α-hetero) is 2. The van der Waals surface area contributed by atoms with E-state index in [1.165, 1.54) is 0 Å². The Bertz CT molecular complexity index is 1070. The zero-order valence-corrected chi connectivity index (χ0v) is 24.5. The summed E-state index contributed by atoms with van der Waals surface area (Å²) in [5.74, 6) is -3.99. The summed E-state index contributed by atoms with van der Waals surface area (Å²) in [4.78, 5) is 58.4. The Balaban J connectivity index is 2.34. The number of nitrogens with zero attached hydrogens (tertiary/aromatic N) is 1. The van der Waals surface area contributed by atoms with E-state index in [4.69, 9.17) is 21.9 Å². The number of ketones is 2. The molecule has 1 aromatic carbocycles. The summed E-state index contributed by atoms with van der Waals surface area (Å²) in [7, 11) is 0. The van der Waals surface area contributed by atoms with Crippen molar-refractivity contribution in [2.75, 3.05) is 19.7 Å². The normalized spacial score (nSPS) is 22.2. The van der Waals surface area contributed by atoms with Gasteiger partial charge >= 0.3 is 0 Å². The van der Waals surface area contributed by atoms with Gasteiger partial charge in [-0.3, -0.25) is 24.2 Å². The number of hydrogen-bond acceptors (Lipinski definition) is 8. The number of ether oxygens (including phenoxy) is 1. The number of unbranched alkanes of at least 4 members (excludes halogenated alkanes) is 1. The standard InChI is InChI=1S/C29H46N6O6/c1-17(2)14-20(30)25(38)24-22(36)15-21(35-23(37)16-41-19-10-6-5-7-11-19)26(39)29(24,18(3)4)27(40)33-12-8-9-13-34-28(31)32/h5-7,10-11,17-18,20-21,24-25,38H,8-9,12-16,30H2,1-4H3,(H,33,40)(H,35,37)(H4,31,32,34)/t20-,21-,24?,25+,29-/m0/s1. The Morgan fingerprint density at radius 2 is 1.78 bits per heavy atom. The van der Waals surface area contributed by atoms with Crippen molar-refractivity contribution in [2.24, 2.45) is 45.4 Å². The van der Waals surface area contributed by atoms with Gasteiger partial charge in [0.25, 0.3) is 5.91 Å². The fourth-order valence-corrected chi connectivity index (χ4v) is 5.48. The number of rotatable bonds is 15. The molecule has 1 saturated carbocycles. The highest BCUT2D eigenvalue weighted by molar-refractivity contribution is 6.16. The molecular weight excluding hydrogens is 528 g/mol. The van der Waals surface area contributed by atoms with Crippen molar-refractivity contribution >= 4 is 29.3 Å². The number of carbonyl (C=O) groups excluding carboxylic acids is 4. The Morgan fingerprint density at radius 1 is 1.12 bits per heavy atom. The van der Waals surface area contributed by atoms with Crippen LogP contribution in [0, 0.1) is 23.2 Å². The van der Waals surface area contributed by atoms with Gasteiger partial charge in [0.05, 0.1) is 18.1 Å². The van der Waals surface area contributed by atoms with Crippen LogP contribution in [0.3, 0.4) is 0 Å². The first-order chi connectivity index (χ1) is 19.3. The molecule has 12 nitrogen and oxygen atoms in total. The predicted molar refractivity (Wildman–Crippen MR) is 156 cm³/mol. The van der Waals surface area contributed by atoms with Crippen molar-refractivity contribution in [3.63, 3.8) is 0 Å². The number of guanidine groups is 1. The zero-order chi connectivity index (χ0) is 30.7. The number of para-hydroxylation sites is 1. The highest BCUT2D eigenvalue weighted by atomic mass is 16.5. The summed E-state index contributed by atoms with van der Waals surface area (Å²) in [5, 5.41) is 16.7. The number of aliphatic imine (C=N–C) groups is 1. The highest BCUT2D eigenvalue weighted by Crippen LogP contribution is 2.46. The molecular formula is C29H46N6O6. The first kappa shape index (κ1) is 33.7. The third-order valence-corrected chi connectivity index (χ3v) is 7.39. The van der Waals surface area contributed by atoms with Crippen LogP contribution in [0.25, 0.3) is 0 Å². The SMILES string of the molecule is CC(C)C[C@H](N)[C@@H](O)C1C(=O)C[C@H](NC(=O)COc2ccccc2)C(=O)[C@]1(C(=O)NCCCCN=C(N)N)C(C)C. The number of benzene rings is 1. The lowest BCUT2D eigenvalue weighted by Crippen LogP contribution is -2.69. The van der Waals surface area contributed by atoms with Crippen LogP contribution in [-0.2, 0) is 19.2 Å². The van der Waals surface area contributed by atoms with Gasteiger partial charge in [0.2, 0.25) is 5.91 Å². The fraction of sp³-hybridized carbons (Fsp3) is 0.621. The molecule has 1 aliphatic carbocycles. The summed E-state index contributed by atoms with van der Waals surface area (Å²) in [6.07, 6.45) is -0.341. The summed E-state index contributed by atoms with van der Waals surface area (Å²) in [5.41, 5.74) is 15.0. The molecule has 0 spiro atoms. The minimum atomic E-state index is -1.96. The van der Waals surface area contributed by atoms with E-state index in [0.29, 0.717) is 31.6 Å². The van der Waals surface area contributed by atoms with Crippen LogP contribution in [0.1, 0.15) is 53.4 Å². The highest BCUT2D eigenvalue weighted by Gasteiger charge is 2.64. The molecule has 0 bridgehead atoms. The number of nitrogens with one attached hydrogen (secondary N) is 2. The molecule has 1 unspecified atom stereocenters. The van der Waals surface area contributed by atoms with Gasteiger partial charge in [0.1, 0.15) is 16.9 Å². The van der Waals surface area contributed by atoms with E-state index in [1.807, 2.05) is 13.8 Å². The van der Waals surface area contributed by atoms with Gasteiger partial charge in [0, 0.05) is 25.6 Å². The number of aliphatic hydroxyl groups excluding tert-OH is 1. The average Bonchev–Trinajstić information content (AvgIpc) is 2.90. The smallest absolute Gasteiger partial charge is 0.258 e. The molecule has 2 amide bonds. The minimum absolute atomic E-state index is 0.0315. The maximum Gasteiger partial charge on any atom is 0.258 e. The molecule has 1 aliphatic rings. The van der Waals surface area contributed by atoms with Gasteiger partial charge in [-0.2, -0.15) is 0 Å². The molecule has 0 saturated heterocycles. The first-order valence-electron chi connectivity index (χ1n) is 14.1. The predicted octanol–water partition coefficient (Wildman–Crippen LogP) is 0.255. The van der Waals surface area contributed by atoms with Crippen LogP contribution in [0.4, 0.5) is 0 Å². The lowest BCUT2D eigenvalue weighted by Gasteiger charge is -2.48. The molecule has 41 heavy (non-hydrogen) atoms. The van der Waals surface area contributed by atoms with E-state index in [1.54, 1.807) is 44.2 Å². The van der Waals surface area contributed by atoms with Crippen LogP contribution in [0.15, 0.2) is 35.3 Å². The molecule has 1 fully saturated rings. The van der Waals surface area contributed by atoms with E-state index >= 15 is 0 Å². The molecule has 9 N–H and O–H groups in total. The van der Waals surface area contributed by atoms with E-state index in [0.717, 1.165) is 0 Å². The largest absolute Gasteiger partial charge is 0.484 e. The number of nitrogens with two attached hydrogens (primary N) is 3. The lowest BCUT2D eigenvalue weighted by atomic mass is 9.55. The van der Waals surface area contributed by atoms with Crippen LogP contribution >= 0.6 is 0 Å². The molecule has 0 heterocycles. The second kappa shape index (κ2) is 15.5. The molecule has 2 rings (SSSR count). The van der Waals surface area contributed by atoms with E-state index < -0.39 is 58.8 Å². The second-order valence-corrected chi connectivity index (χ2v) is 11.3. The third kappa shape index (κ3) is 8.74. The second-order valence-electron chi connectivity index (χ2n) is 11.3. The van der Waals surface area contributed by atoms with E-state index in [-0.39, 0.29) is 31.4 Å². The number of amides is 2. The van der Waals surface area contributed by atoms with Crippen molar-refractivity contribution < 1.29 is 29.0 Å². The zero-order valence-electron chi connectivity index (χ0n) is 24.5. The van der Waals surface area contributed by atoms with Gasteiger partial charge in [-0.15, -0.1) is 0 Å². The summed E-state index contributed by atoms with van der Waals surface area (Å²) in [6, 6.07) is 6.56. The van der Waals surface area contributed by atoms with E-state index in [2.05, 4.69) is 15.6 Å². The fourth-order valence-electron chi connectivity index (χ4n) is 5.48. The van der Waals surface area contributed by atoms with Gasteiger partial charge in [-0.05, 0) is 43.2 Å². The molecule has 228 valence electrons. The Kier molecular flexibility index (Phi) is 12.7. The van der Waals surface area contributed by atoms with Gasteiger partial charge in [-0.1, -0.05) is 45.9 Å². The third-order valence-electron chi connectivity index (χ3n) is 7.39. The quantitative estimate of drug-likeness (QED) is 0.0732. The molecule has 1 aromatic rings. The average molecular weight is 575 g/mol. The Morgan fingerprint density at radius 3 is 2.37 bits per heavy atom. The Hall–Kier alpha value is -3.51. The van der Waals surface area contributed by atoms with Crippen molar-refractivity contribution in [1.82, 2.24) is 10.6 Å². The van der Waals surface area contributed by atoms with Crippen molar-refractivity contribution in [3.05, 3.63) is 30.3 Å². The molecule has 5 atom stereocenters. The van der Waals surface area contributed by atoms with Crippen molar-refractivity contribution in [2.45, 2.75) is 71.6 Å². The van der Waals surface area contributed by atoms with Crippen molar-refractivity contribution in [3.8, 4) is 5.75 Å². The molecule has 0 aliphatic heterocycles. The Labute approximate surface area is 241 Å². The number of hydrogen-bond donors (Lipinski definition) is 6. The van der Waals surface area contributed by atoms with Crippen LogP contribution in [-0.4, -0.2) is 72.3 Å². The summed E-state index contributed by atoms with van der Waals surface area (Å²) in [6.45, 7) is 7.33. The number of aliphatic hydroxyl groups is 1. The molecule has 0 radical (unpaired) electrons. The maximum absolute atomic E-state index is 14.2. The topological polar surface area (TPSA) is 212 Å². The van der Waals surface area contributed by atoms with Crippen LogP contribution in [0.5, 0.6) is 5.75 Å². The minimum Gasteiger partial charge on any atom is -0.484 e. The van der Waals surface area contributed by atoms with Gasteiger partial charge in [-0.25, -0.2) is 0 Å². The maximum atomic E-state index is 14.2. The summed E-state index contributed by atoms with van der Waals surface area (Å²) < 4.78 is 5.48. The summed E-state index contributed by atoms with van der Waals surface area (Å²) >= 11 is 0. The monoisotopic (exact) mass is 574 g/mol. The van der Waals surface area contributed by atoms with Gasteiger partial charge < -0.3 is 37.7 Å². The van der Waals surface area contributed by atoms with Crippen LogP contribution in [0.2, 0.25) is 0 Å². The van der Waals surface area contributed by atoms with Crippen LogP contribution < -0.4 is 32.6 Å². The molecule has 12 heteroatoms. The lowest BCUT2D eigenvalue weighted by molar-refractivity contribution is -0.168. The van der Waals surface area contributed by atoms with Crippen molar-refractivity contribution in [1.29, 1.82) is 0 Å². The van der Waals surface area contributed by atoms with E-state index in [9.17, 15) is 24.3 Å². The number of carbonyl (C=O) groups is 4.